The van der Waals surface area contributed by atoms with Gasteiger partial charge in [-0.05, 0) is 38.5 Å². The van der Waals surface area contributed by atoms with Gasteiger partial charge in [0.05, 0.1) is 11.6 Å². The molecule has 0 bridgehead atoms. The van der Waals surface area contributed by atoms with Crippen molar-refractivity contribution in [2.75, 3.05) is 0 Å². The summed E-state index contributed by atoms with van der Waals surface area (Å²) in [5, 5.41) is 1.13. The van der Waals surface area contributed by atoms with E-state index < -0.39 is 11.4 Å². The van der Waals surface area contributed by atoms with Crippen molar-refractivity contribution in [2.45, 2.75) is 38.0 Å². The molecule has 25 heavy (non-hydrogen) atoms. The van der Waals surface area contributed by atoms with Gasteiger partial charge in [0, 0.05) is 28.9 Å². The van der Waals surface area contributed by atoms with Crippen LogP contribution in [-0.4, -0.2) is 14.3 Å². The van der Waals surface area contributed by atoms with E-state index in [-0.39, 0.29) is 10.8 Å². The Bertz CT molecular complexity index is 830. The first-order chi connectivity index (χ1) is 11.9. The minimum Gasteiger partial charge on any atom is -0.598 e. The Morgan fingerprint density at radius 3 is 2.36 bits per heavy atom. The summed E-state index contributed by atoms with van der Waals surface area (Å²) < 4.78 is 15.6. The van der Waals surface area contributed by atoms with Crippen molar-refractivity contribution >= 4 is 22.3 Å². The van der Waals surface area contributed by atoms with Gasteiger partial charge in [-0.15, -0.1) is 4.72 Å². The van der Waals surface area contributed by atoms with Crippen LogP contribution in [0.2, 0.25) is 0 Å². The van der Waals surface area contributed by atoms with Crippen molar-refractivity contribution in [1.82, 2.24) is 9.71 Å². The van der Waals surface area contributed by atoms with Crippen molar-refractivity contribution in [1.29, 1.82) is 0 Å². The molecule has 0 aliphatic carbocycles. The molecule has 0 saturated heterocycles. The monoisotopic (exact) mass is 352 g/mol. The fourth-order valence-electron chi connectivity index (χ4n) is 2.65. The zero-order valence-electron chi connectivity index (χ0n) is 14.9. The third-order valence-electron chi connectivity index (χ3n) is 4.08. The molecule has 0 aliphatic heterocycles. The molecule has 0 saturated carbocycles. The Hall–Kier alpha value is -1.88. The lowest BCUT2D eigenvalue weighted by molar-refractivity contribution is 0.521. The van der Waals surface area contributed by atoms with Gasteiger partial charge in [-0.25, -0.2) is 0 Å². The first-order valence-corrected chi connectivity index (χ1v) is 9.66. The van der Waals surface area contributed by atoms with Crippen LogP contribution in [0, 0.1) is 0 Å². The summed E-state index contributed by atoms with van der Waals surface area (Å²) in [7, 11) is 0. The SMILES string of the molecule is CC(C)(C)[S+]([O-])N[C@H](Cc1ccc2ccccc2n1)c1ccccc1. The lowest BCUT2D eigenvalue weighted by Crippen LogP contribution is -2.41. The fraction of sp³-hybridized carbons (Fsp3) is 0.286. The van der Waals surface area contributed by atoms with Crippen LogP contribution < -0.4 is 4.72 Å². The molecule has 1 unspecified atom stereocenters. The predicted molar refractivity (Wildman–Crippen MR) is 106 cm³/mol. The van der Waals surface area contributed by atoms with Crippen LogP contribution in [0.5, 0.6) is 0 Å². The van der Waals surface area contributed by atoms with E-state index in [0.717, 1.165) is 22.2 Å². The molecule has 4 heteroatoms. The van der Waals surface area contributed by atoms with E-state index in [1.807, 2.05) is 57.2 Å². The number of hydrogen-bond acceptors (Lipinski definition) is 3. The molecule has 0 radical (unpaired) electrons. The van der Waals surface area contributed by atoms with Crippen molar-refractivity contribution in [3.8, 4) is 0 Å². The molecule has 3 aromatic rings. The number of para-hydroxylation sites is 1. The zero-order chi connectivity index (χ0) is 17.9. The molecule has 0 amide bonds. The quantitative estimate of drug-likeness (QED) is 0.684. The molecule has 1 N–H and O–H groups in total. The maximum absolute atomic E-state index is 12.6. The van der Waals surface area contributed by atoms with Gasteiger partial charge < -0.3 is 4.55 Å². The highest BCUT2D eigenvalue weighted by atomic mass is 32.2. The summed E-state index contributed by atoms with van der Waals surface area (Å²) in [6.45, 7) is 5.94. The van der Waals surface area contributed by atoms with E-state index in [4.69, 9.17) is 4.98 Å². The van der Waals surface area contributed by atoms with E-state index >= 15 is 0 Å². The lowest BCUT2D eigenvalue weighted by Gasteiger charge is -2.28. The Kier molecular flexibility index (Phi) is 5.42. The topological polar surface area (TPSA) is 48.0 Å². The first kappa shape index (κ1) is 17.9. The van der Waals surface area contributed by atoms with Gasteiger partial charge in [0.2, 0.25) is 0 Å². The van der Waals surface area contributed by atoms with E-state index in [0.29, 0.717) is 6.42 Å². The largest absolute Gasteiger partial charge is 0.598 e. The third-order valence-corrected chi connectivity index (χ3v) is 5.69. The lowest BCUT2D eigenvalue weighted by atomic mass is 10.0. The van der Waals surface area contributed by atoms with Gasteiger partial charge in [0.1, 0.15) is 4.75 Å². The Morgan fingerprint density at radius 2 is 1.64 bits per heavy atom. The number of aromatic nitrogens is 1. The molecule has 0 aliphatic rings. The van der Waals surface area contributed by atoms with E-state index in [2.05, 4.69) is 35.1 Å². The number of benzene rings is 2. The van der Waals surface area contributed by atoms with E-state index in [1.54, 1.807) is 0 Å². The minimum absolute atomic E-state index is 0.0464. The summed E-state index contributed by atoms with van der Waals surface area (Å²) in [5.74, 6) is 0. The Balaban J connectivity index is 1.88. The van der Waals surface area contributed by atoms with Gasteiger partial charge in [0.15, 0.2) is 0 Å². The maximum atomic E-state index is 12.6. The summed E-state index contributed by atoms with van der Waals surface area (Å²) in [6.07, 6.45) is 0.691. The molecule has 3 rings (SSSR count). The maximum Gasteiger partial charge on any atom is 0.136 e. The van der Waals surface area contributed by atoms with Crippen LogP contribution in [0.25, 0.3) is 10.9 Å². The molecule has 1 aromatic heterocycles. The second-order valence-electron chi connectivity index (χ2n) is 7.16. The van der Waals surface area contributed by atoms with Crippen LogP contribution in [0.4, 0.5) is 0 Å². The normalized spacial score (nSPS) is 14.4. The zero-order valence-corrected chi connectivity index (χ0v) is 15.7. The molecule has 0 fully saturated rings. The summed E-state index contributed by atoms with van der Waals surface area (Å²) in [5.41, 5.74) is 3.10. The van der Waals surface area contributed by atoms with Crippen molar-refractivity contribution in [2.24, 2.45) is 0 Å². The van der Waals surface area contributed by atoms with Gasteiger partial charge in [-0.1, -0.05) is 54.6 Å². The van der Waals surface area contributed by atoms with Crippen molar-refractivity contribution in [3.05, 3.63) is 78.0 Å². The molecule has 130 valence electrons. The van der Waals surface area contributed by atoms with Gasteiger partial charge in [-0.3, -0.25) is 4.98 Å². The summed E-state index contributed by atoms with van der Waals surface area (Å²) in [6, 6.07) is 22.4. The average Bonchev–Trinajstić information content (AvgIpc) is 2.61. The molecule has 3 nitrogen and oxygen atoms in total. The number of hydrogen-bond donors (Lipinski definition) is 1. The van der Waals surface area contributed by atoms with Crippen molar-refractivity contribution < 1.29 is 4.55 Å². The molecule has 2 aromatic carbocycles. The third kappa shape index (κ3) is 4.60. The van der Waals surface area contributed by atoms with Gasteiger partial charge >= 0.3 is 0 Å². The first-order valence-electron chi connectivity index (χ1n) is 8.51. The van der Waals surface area contributed by atoms with Gasteiger partial charge in [-0.2, -0.15) is 0 Å². The molecule has 0 spiro atoms. The molecule has 1 heterocycles. The smallest absolute Gasteiger partial charge is 0.136 e. The van der Waals surface area contributed by atoms with E-state index in [1.165, 1.54) is 0 Å². The Morgan fingerprint density at radius 1 is 0.960 bits per heavy atom. The van der Waals surface area contributed by atoms with Crippen LogP contribution >= 0.6 is 0 Å². The highest BCUT2D eigenvalue weighted by Crippen LogP contribution is 2.23. The second-order valence-corrected chi connectivity index (χ2v) is 9.16. The van der Waals surface area contributed by atoms with Crippen LogP contribution in [-0.2, 0) is 17.8 Å². The van der Waals surface area contributed by atoms with Crippen molar-refractivity contribution in [3.63, 3.8) is 0 Å². The van der Waals surface area contributed by atoms with E-state index in [9.17, 15) is 4.55 Å². The predicted octanol–water partition coefficient (Wildman–Crippen LogP) is 4.57. The standard InChI is InChI=1S/C21H24N2OS/c1-21(2,3)25(24)23-20(16-9-5-4-6-10-16)15-18-14-13-17-11-7-8-12-19(17)22-18/h4-14,20,23H,15H2,1-3H3/t20-,25?/m1/s1. The average molecular weight is 353 g/mol. The molecular weight excluding hydrogens is 328 g/mol. The summed E-state index contributed by atoms with van der Waals surface area (Å²) >= 11 is -1.15. The Labute approximate surface area is 152 Å². The number of fused-ring (bicyclic) bond motifs is 1. The van der Waals surface area contributed by atoms with Crippen LogP contribution in [0.3, 0.4) is 0 Å². The second kappa shape index (κ2) is 7.56. The number of pyridine rings is 1. The molecule has 2 atom stereocenters. The highest BCUT2D eigenvalue weighted by Gasteiger charge is 2.30. The highest BCUT2D eigenvalue weighted by molar-refractivity contribution is 7.90. The fourth-order valence-corrected chi connectivity index (χ4v) is 3.48. The van der Waals surface area contributed by atoms with Crippen LogP contribution in [0.15, 0.2) is 66.7 Å². The van der Waals surface area contributed by atoms with Gasteiger partial charge in [0.25, 0.3) is 0 Å². The number of rotatable bonds is 5. The number of nitrogens with one attached hydrogen (secondary N) is 1. The summed E-state index contributed by atoms with van der Waals surface area (Å²) in [4.78, 5) is 4.77. The molecular formula is C21H24N2OS. The minimum atomic E-state index is -1.15. The number of nitrogens with zero attached hydrogens (tertiary/aromatic N) is 1. The van der Waals surface area contributed by atoms with Crippen LogP contribution in [0.1, 0.15) is 38.1 Å².